The second kappa shape index (κ2) is 9.19. The van der Waals surface area contributed by atoms with Crippen LogP contribution in [0, 0.1) is 0 Å². The molecular weight excluding hydrogens is 344 g/mol. The highest BCUT2D eigenvalue weighted by Gasteiger charge is 2.27. The van der Waals surface area contributed by atoms with Gasteiger partial charge in [-0.1, -0.05) is 18.2 Å². The fraction of sp³-hybridized carbons (Fsp3) is 0.333. The van der Waals surface area contributed by atoms with Gasteiger partial charge in [0.15, 0.2) is 6.61 Å². The van der Waals surface area contributed by atoms with Gasteiger partial charge in [0.1, 0.15) is 5.75 Å². The van der Waals surface area contributed by atoms with E-state index in [1.165, 1.54) is 6.92 Å². The molecule has 2 aromatic carbocycles. The first-order valence-corrected chi connectivity index (χ1v) is 9.09. The number of para-hydroxylation sites is 1. The van der Waals surface area contributed by atoms with Crippen molar-refractivity contribution in [2.75, 3.05) is 30.0 Å². The van der Waals surface area contributed by atoms with Crippen LogP contribution in [-0.2, 0) is 14.3 Å². The van der Waals surface area contributed by atoms with E-state index in [0.717, 1.165) is 18.5 Å². The molecule has 1 fully saturated rings. The Balaban J connectivity index is 1.75. The molecule has 0 aliphatic carbocycles. The standard InChI is InChI=1S/C21H24N2O4/c1-16(24)22-17-7-9-18(10-8-17)23(19-11-13-26-14-12-19)21(25)15-27-20-5-3-2-4-6-20/h2-10,19H,11-15H2,1H3,(H,22,24). The van der Waals surface area contributed by atoms with Crippen molar-refractivity contribution in [3.05, 3.63) is 54.6 Å². The second-order valence-corrected chi connectivity index (χ2v) is 6.44. The Morgan fingerprint density at radius 1 is 1.07 bits per heavy atom. The van der Waals surface area contributed by atoms with Gasteiger partial charge < -0.3 is 19.7 Å². The van der Waals surface area contributed by atoms with Crippen molar-refractivity contribution < 1.29 is 19.1 Å². The zero-order chi connectivity index (χ0) is 19.1. The number of hydrogen-bond donors (Lipinski definition) is 1. The monoisotopic (exact) mass is 368 g/mol. The van der Waals surface area contributed by atoms with Gasteiger partial charge in [-0.3, -0.25) is 9.59 Å². The molecule has 27 heavy (non-hydrogen) atoms. The van der Waals surface area contributed by atoms with Crippen LogP contribution in [0.25, 0.3) is 0 Å². The molecule has 0 radical (unpaired) electrons. The summed E-state index contributed by atoms with van der Waals surface area (Å²) < 4.78 is 11.1. The maximum Gasteiger partial charge on any atom is 0.265 e. The van der Waals surface area contributed by atoms with Gasteiger partial charge in [0.25, 0.3) is 5.91 Å². The maximum atomic E-state index is 13.0. The van der Waals surface area contributed by atoms with Gasteiger partial charge in [0.2, 0.25) is 5.91 Å². The second-order valence-electron chi connectivity index (χ2n) is 6.44. The molecule has 1 N–H and O–H groups in total. The van der Waals surface area contributed by atoms with E-state index in [9.17, 15) is 9.59 Å². The number of anilines is 2. The Bertz CT molecular complexity index is 756. The summed E-state index contributed by atoms with van der Waals surface area (Å²) in [6.07, 6.45) is 1.56. The average molecular weight is 368 g/mol. The van der Waals surface area contributed by atoms with Crippen LogP contribution in [-0.4, -0.2) is 37.7 Å². The molecule has 2 aromatic rings. The number of carbonyl (C=O) groups excluding carboxylic acids is 2. The van der Waals surface area contributed by atoms with E-state index in [-0.39, 0.29) is 24.5 Å². The zero-order valence-electron chi connectivity index (χ0n) is 15.4. The third-order valence-corrected chi connectivity index (χ3v) is 4.40. The van der Waals surface area contributed by atoms with E-state index in [1.807, 2.05) is 42.5 Å². The van der Waals surface area contributed by atoms with Crippen LogP contribution in [0.2, 0.25) is 0 Å². The van der Waals surface area contributed by atoms with Crippen LogP contribution in [0.3, 0.4) is 0 Å². The Hall–Kier alpha value is -2.86. The minimum atomic E-state index is -0.128. The van der Waals surface area contributed by atoms with Crippen molar-refractivity contribution in [3.8, 4) is 5.75 Å². The van der Waals surface area contributed by atoms with E-state index < -0.39 is 0 Å². The Labute approximate surface area is 159 Å². The van der Waals surface area contributed by atoms with Crippen LogP contribution >= 0.6 is 0 Å². The summed E-state index contributed by atoms with van der Waals surface area (Å²) in [4.78, 5) is 26.0. The van der Waals surface area contributed by atoms with Gasteiger partial charge in [-0.15, -0.1) is 0 Å². The number of carbonyl (C=O) groups is 2. The summed E-state index contributed by atoms with van der Waals surface area (Å²) in [6, 6.07) is 16.7. The SMILES string of the molecule is CC(=O)Nc1ccc(N(C(=O)COc2ccccc2)C2CCOCC2)cc1. The molecule has 2 amide bonds. The minimum absolute atomic E-state index is 0.0329. The summed E-state index contributed by atoms with van der Waals surface area (Å²) in [5, 5.41) is 2.74. The Kier molecular flexibility index (Phi) is 6.44. The number of rotatable bonds is 6. The summed E-state index contributed by atoms with van der Waals surface area (Å²) in [5.74, 6) is 0.438. The van der Waals surface area contributed by atoms with Crippen molar-refractivity contribution in [1.29, 1.82) is 0 Å². The molecule has 3 rings (SSSR count). The van der Waals surface area contributed by atoms with Crippen LogP contribution in [0.5, 0.6) is 5.75 Å². The molecule has 0 aromatic heterocycles. The Morgan fingerprint density at radius 2 is 1.74 bits per heavy atom. The highest BCUT2D eigenvalue weighted by Crippen LogP contribution is 2.25. The lowest BCUT2D eigenvalue weighted by atomic mass is 10.1. The predicted molar refractivity (Wildman–Crippen MR) is 104 cm³/mol. The van der Waals surface area contributed by atoms with Crippen molar-refractivity contribution in [2.45, 2.75) is 25.8 Å². The molecule has 0 unspecified atom stereocenters. The molecule has 0 bridgehead atoms. The molecule has 1 aliphatic heterocycles. The minimum Gasteiger partial charge on any atom is -0.484 e. The van der Waals surface area contributed by atoms with Crippen LogP contribution < -0.4 is 15.0 Å². The van der Waals surface area contributed by atoms with Gasteiger partial charge in [-0.25, -0.2) is 0 Å². The number of amides is 2. The molecule has 0 atom stereocenters. The molecule has 1 heterocycles. The highest BCUT2D eigenvalue weighted by atomic mass is 16.5. The van der Waals surface area contributed by atoms with Crippen molar-refractivity contribution in [3.63, 3.8) is 0 Å². The van der Waals surface area contributed by atoms with Gasteiger partial charge in [-0.05, 0) is 49.2 Å². The van der Waals surface area contributed by atoms with Crippen molar-refractivity contribution in [1.82, 2.24) is 0 Å². The molecule has 0 spiro atoms. The van der Waals surface area contributed by atoms with Gasteiger partial charge in [0, 0.05) is 37.6 Å². The summed E-state index contributed by atoms with van der Waals surface area (Å²) >= 11 is 0. The highest BCUT2D eigenvalue weighted by molar-refractivity contribution is 5.95. The fourth-order valence-electron chi connectivity index (χ4n) is 3.14. The molecule has 0 saturated carbocycles. The number of nitrogens with zero attached hydrogens (tertiary/aromatic N) is 1. The van der Waals surface area contributed by atoms with Gasteiger partial charge in [-0.2, -0.15) is 0 Å². The lowest BCUT2D eigenvalue weighted by molar-refractivity contribution is -0.121. The molecule has 6 heteroatoms. The van der Waals surface area contributed by atoms with E-state index in [4.69, 9.17) is 9.47 Å². The largest absolute Gasteiger partial charge is 0.484 e. The van der Waals surface area contributed by atoms with Crippen molar-refractivity contribution >= 4 is 23.2 Å². The van der Waals surface area contributed by atoms with Crippen molar-refractivity contribution in [2.24, 2.45) is 0 Å². The lowest BCUT2D eigenvalue weighted by Crippen LogP contribution is -2.45. The number of ether oxygens (including phenoxy) is 2. The summed E-state index contributed by atoms with van der Waals surface area (Å²) in [7, 11) is 0. The third kappa shape index (κ3) is 5.31. The molecular formula is C21H24N2O4. The number of hydrogen-bond acceptors (Lipinski definition) is 4. The quantitative estimate of drug-likeness (QED) is 0.850. The summed E-state index contributed by atoms with van der Waals surface area (Å²) in [5.41, 5.74) is 1.49. The van der Waals surface area contributed by atoms with Crippen LogP contribution in [0.1, 0.15) is 19.8 Å². The smallest absolute Gasteiger partial charge is 0.265 e. The number of benzene rings is 2. The van der Waals surface area contributed by atoms with Crippen LogP contribution in [0.15, 0.2) is 54.6 Å². The molecule has 6 nitrogen and oxygen atoms in total. The van der Waals surface area contributed by atoms with E-state index in [0.29, 0.717) is 24.7 Å². The van der Waals surface area contributed by atoms with Gasteiger partial charge >= 0.3 is 0 Å². The third-order valence-electron chi connectivity index (χ3n) is 4.40. The number of nitrogens with one attached hydrogen (secondary N) is 1. The molecule has 142 valence electrons. The first-order valence-electron chi connectivity index (χ1n) is 9.09. The fourth-order valence-corrected chi connectivity index (χ4v) is 3.14. The normalized spacial score (nSPS) is 14.4. The molecule has 1 saturated heterocycles. The zero-order valence-corrected chi connectivity index (χ0v) is 15.4. The topological polar surface area (TPSA) is 67.9 Å². The summed E-state index contributed by atoms with van der Waals surface area (Å²) in [6.45, 7) is 2.71. The Morgan fingerprint density at radius 3 is 2.37 bits per heavy atom. The van der Waals surface area contributed by atoms with E-state index >= 15 is 0 Å². The first kappa shape index (κ1) is 18.9. The lowest BCUT2D eigenvalue weighted by Gasteiger charge is -2.34. The maximum absolute atomic E-state index is 13.0. The van der Waals surface area contributed by atoms with Gasteiger partial charge in [0.05, 0.1) is 0 Å². The van der Waals surface area contributed by atoms with Crippen LogP contribution in [0.4, 0.5) is 11.4 Å². The van der Waals surface area contributed by atoms with E-state index in [1.54, 1.807) is 17.0 Å². The molecule has 1 aliphatic rings. The predicted octanol–water partition coefficient (Wildman–Crippen LogP) is 3.24. The average Bonchev–Trinajstić information content (AvgIpc) is 2.69. The first-order chi connectivity index (χ1) is 13.1. The van der Waals surface area contributed by atoms with E-state index in [2.05, 4.69) is 5.32 Å².